The van der Waals surface area contributed by atoms with Crippen molar-refractivity contribution in [1.82, 2.24) is 5.32 Å². The quantitative estimate of drug-likeness (QED) is 0.520. The van der Waals surface area contributed by atoms with Gasteiger partial charge in [-0.1, -0.05) is 29.8 Å². The number of thioether (sulfide) groups is 1. The lowest BCUT2D eigenvalue weighted by atomic mass is 9.95. The maximum absolute atomic E-state index is 13.1. The van der Waals surface area contributed by atoms with Crippen molar-refractivity contribution in [2.75, 3.05) is 20.0 Å². The van der Waals surface area contributed by atoms with Crippen molar-refractivity contribution < 1.29 is 40.9 Å². The van der Waals surface area contributed by atoms with Crippen LogP contribution in [0.1, 0.15) is 27.8 Å². The Balaban J connectivity index is 1.64. The van der Waals surface area contributed by atoms with Gasteiger partial charge in [0, 0.05) is 11.1 Å². The first-order valence-electron chi connectivity index (χ1n) is 10.8. The Kier molecular flexibility index (Phi) is 8.01. The van der Waals surface area contributed by atoms with E-state index in [0.29, 0.717) is 16.9 Å². The molecule has 0 aromatic heterocycles. The van der Waals surface area contributed by atoms with Crippen LogP contribution in [0.2, 0.25) is 0 Å². The summed E-state index contributed by atoms with van der Waals surface area (Å²) in [7, 11) is -3.30. The summed E-state index contributed by atoms with van der Waals surface area (Å²) in [6.07, 6.45) is -1.81. The lowest BCUT2D eigenvalue weighted by molar-refractivity contribution is -0.297. The summed E-state index contributed by atoms with van der Waals surface area (Å²) in [5.41, 5.74) is 1.24. The van der Waals surface area contributed by atoms with Crippen LogP contribution in [0.3, 0.4) is 0 Å². The highest BCUT2D eigenvalue weighted by Crippen LogP contribution is 2.38. The number of carbonyl (C=O) groups excluding carboxylic acids is 1. The second-order valence-electron chi connectivity index (χ2n) is 8.17. The molecule has 2 saturated heterocycles. The smallest absolute Gasteiger partial charge is 0.397 e. The molecule has 2 heterocycles. The molecule has 2 N–H and O–H groups in total. The zero-order valence-corrected chi connectivity index (χ0v) is 21.0. The number of aryl methyl sites for hydroxylation is 1. The van der Waals surface area contributed by atoms with Crippen LogP contribution in [0.5, 0.6) is 5.75 Å². The number of hydrogen-bond acceptors (Lipinski definition) is 9. The third-order valence-electron chi connectivity index (χ3n) is 5.81. The molecule has 10 nitrogen and oxygen atoms in total. The molecule has 35 heavy (non-hydrogen) atoms. The molecule has 0 radical (unpaired) electrons. The van der Waals surface area contributed by atoms with E-state index in [1.165, 1.54) is 11.8 Å². The van der Waals surface area contributed by atoms with E-state index in [0.717, 1.165) is 5.56 Å². The molecule has 2 aliphatic heterocycles. The van der Waals surface area contributed by atoms with Gasteiger partial charge in [-0.3, -0.25) is 9.35 Å². The molecule has 0 unspecified atom stereocenters. The number of benzene rings is 2. The fourth-order valence-corrected chi connectivity index (χ4v) is 5.38. The standard InChI is InChI=1S/C23H27NO9S2/c1-13-4-6-14(7-5-13)21(25)24-18-19-17(31-23(34-3)20(18)33-35(26,27)28)12-30-22(32-19)15-8-10-16(29-2)11-9-15/h4-11,17-20,22-23H,12H2,1-3H3,(H,24,25)(H,26,27,28)/t17-,18+,19+,20-,22+,23+/m1/s1. The van der Waals surface area contributed by atoms with Gasteiger partial charge >= 0.3 is 10.4 Å². The van der Waals surface area contributed by atoms with Crippen molar-refractivity contribution in [2.24, 2.45) is 0 Å². The van der Waals surface area contributed by atoms with E-state index in [-0.39, 0.29) is 6.61 Å². The first-order chi connectivity index (χ1) is 16.7. The second-order valence-corrected chi connectivity index (χ2v) is 10.2. The predicted octanol–water partition coefficient (Wildman–Crippen LogP) is 2.49. The fraction of sp³-hybridized carbons (Fsp3) is 0.435. The number of rotatable bonds is 7. The molecule has 190 valence electrons. The van der Waals surface area contributed by atoms with Gasteiger partial charge in [0.25, 0.3) is 5.91 Å². The van der Waals surface area contributed by atoms with Crippen LogP contribution in [0, 0.1) is 6.92 Å². The molecule has 0 saturated carbocycles. The zero-order valence-electron chi connectivity index (χ0n) is 19.3. The SMILES string of the molecule is COc1ccc([C@H]2OC[C@H]3O[C@@H](SC)[C@H](OS(=O)(=O)O)[C@@H](NC(=O)c4ccc(C)cc4)[C@H]3O2)cc1. The monoisotopic (exact) mass is 525 g/mol. The van der Waals surface area contributed by atoms with Crippen LogP contribution in [0.25, 0.3) is 0 Å². The van der Waals surface area contributed by atoms with Gasteiger partial charge < -0.3 is 24.3 Å². The second kappa shape index (κ2) is 10.8. The molecule has 4 rings (SSSR count). The normalized spacial score (nSPS) is 28.7. The summed E-state index contributed by atoms with van der Waals surface area (Å²) in [4.78, 5) is 13.1. The molecule has 1 amide bonds. The van der Waals surface area contributed by atoms with Gasteiger partial charge in [-0.25, -0.2) is 4.18 Å². The van der Waals surface area contributed by atoms with Gasteiger partial charge in [0.1, 0.15) is 29.5 Å². The summed E-state index contributed by atoms with van der Waals surface area (Å²) >= 11 is 1.18. The zero-order chi connectivity index (χ0) is 25.2. The number of fused-ring (bicyclic) bond motifs is 1. The Morgan fingerprint density at radius 1 is 1.11 bits per heavy atom. The minimum atomic E-state index is -4.86. The van der Waals surface area contributed by atoms with Crippen molar-refractivity contribution in [3.8, 4) is 5.75 Å². The van der Waals surface area contributed by atoms with Crippen molar-refractivity contribution in [3.05, 3.63) is 65.2 Å². The van der Waals surface area contributed by atoms with E-state index in [1.54, 1.807) is 61.9 Å². The average molecular weight is 526 g/mol. The number of hydrogen-bond donors (Lipinski definition) is 2. The van der Waals surface area contributed by atoms with Gasteiger partial charge in [-0.2, -0.15) is 8.42 Å². The lowest BCUT2D eigenvalue weighted by Crippen LogP contribution is -2.67. The Labute approximate surface area is 208 Å². The van der Waals surface area contributed by atoms with Crippen molar-refractivity contribution >= 4 is 28.1 Å². The first-order valence-corrected chi connectivity index (χ1v) is 13.5. The Hall–Kier alpha value is -2.19. The molecule has 2 aliphatic rings. The van der Waals surface area contributed by atoms with Gasteiger partial charge in [0.15, 0.2) is 6.29 Å². The van der Waals surface area contributed by atoms with Gasteiger partial charge in [0.2, 0.25) is 0 Å². The van der Waals surface area contributed by atoms with Crippen LogP contribution in [-0.2, 0) is 28.8 Å². The van der Waals surface area contributed by atoms with Gasteiger partial charge in [-0.05, 0) is 37.4 Å². The van der Waals surface area contributed by atoms with E-state index in [9.17, 15) is 17.8 Å². The third-order valence-corrected chi connectivity index (χ3v) is 7.12. The Bertz CT molecular complexity index is 1120. The molecular formula is C23H27NO9S2. The molecule has 6 atom stereocenters. The van der Waals surface area contributed by atoms with Crippen LogP contribution in [-0.4, -0.2) is 68.6 Å². The number of methoxy groups -OCH3 is 1. The van der Waals surface area contributed by atoms with E-state index >= 15 is 0 Å². The number of amides is 1. The summed E-state index contributed by atoms with van der Waals surface area (Å²) < 4.78 is 61.1. The lowest BCUT2D eigenvalue weighted by Gasteiger charge is -2.48. The summed E-state index contributed by atoms with van der Waals surface area (Å²) in [6.45, 7) is 2.03. The van der Waals surface area contributed by atoms with E-state index in [1.807, 2.05) is 6.92 Å². The van der Waals surface area contributed by atoms with Crippen molar-refractivity contribution in [3.63, 3.8) is 0 Å². The highest BCUT2D eigenvalue weighted by molar-refractivity contribution is 7.99. The molecule has 12 heteroatoms. The van der Waals surface area contributed by atoms with Crippen molar-refractivity contribution in [1.29, 1.82) is 0 Å². The van der Waals surface area contributed by atoms with Crippen LogP contribution in [0.15, 0.2) is 48.5 Å². The average Bonchev–Trinajstić information content (AvgIpc) is 2.84. The maximum Gasteiger partial charge on any atom is 0.397 e. The topological polar surface area (TPSA) is 130 Å². The Morgan fingerprint density at radius 2 is 1.80 bits per heavy atom. The molecular weight excluding hydrogens is 498 g/mol. The van der Waals surface area contributed by atoms with Crippen LogP contribution >= 0.6 is 11.8 Å². The minimum Gasteiger partial charge on any atom is -0.497 e. The predicted molar refractivity (Wildman–Crippen MR) is 128 cm³/mol. The van der Waals surface area contributed by atoms with E-state index in [4.69, 9.17) is 23.1 Å². The third kappa shape index (κ3) is 6.15. The van der Waals surface area contributed by atoms with Crippen LogP contribution in [0.4, 0.5) is 0 Å². The first kappa shape index (κ1) is 25.9. The van der Waals surface area contributed by atoms with E-state index in [2.05, 4.69) is 5.32 Å². The minimum absolute atomic E-state index is 0.133. The largest absolute Gasteiger partial charge is 0.497 e. The highest BCUT2D eigenvalue weighted by atomic mass is 32.3. The molecule has 2 aromatic rings. The number of nitrogens with one attached hydrogen (secondary N) is 1. The van der Waals surface area contributed by atoms with Crippen LogP contribution < -0.4 is 10.1 Å². The molecule has 2 fully saturated rings. The van der Waals surface area contributed by atoms with Gasteiger partial charge in [-0.15, -0.1) is 11.8 Å². The summed E-state index contributed by atoms with van der Waals surface area (Å²) in [5.74, 6) is 0.214. The van der Waals surface area contributed by atoms with Crippen molar-refractivity contribution in [2.45, 2.75) is 43.0 Å². The number of ether oxygens (including phenoxy) is 4. The Morgan fingerprint density at radius 3 is 2.40 bits per heavy atom. The van der Waals surface area contributed by atoms with Gasteiger partial charge in [0.05, 0.1) is 19.8 Å². The summed E-state index contributed by atoms with van der Waals surface area (Å²) in [5, 5.41) is 2.85. The maximum atomic E-state index is 13.1. The molecule has 0 bridgehead atoms. The molecule has 0 spiro atoms. The molecule has 0 aliphatic carbocycles. The number of carbonyl (C=O) groups is 1. The summed E-state index contributed by atoms with van der Waals surface area (Å²) in [6, 6.07) is 13.0. The molecule has 2 aromatic carbocycles. The van der Waals surface area contributed by atoms with E-state index < -0.39 is 52.4 Å². The highest BCUT2D eigenvalue weighted by Gasteiger charge is 2.52. The fourth-order valence-electron chi connectivity index (χ4n) is 4.06.